The van der Waals surface area contributed by atoms with Gasteiger partial charge in [0.15, 0.2) is 0 Å². The van der Waals surface area contributed by atoms with Gasteiger partial charge in [0, 0.05) is 28.7 Å². The maximum atomic E-state index is 12.8. The Bertz CT molecular complexity index is 1270. The third-order valence-electron chi connectivity index (χ3n) is 4.49. The van der Waals surface area contributed by atoms with E-state index in [2.05, 4.69) is 15.3 Å². The molecule has 0 aliphatic rings. The van der Waals surface area contributed by atoms with Gasteiger partial charge >= 0.3 is 6.18 Å². The topological polar surface area (TPSA) is 59.8 Å². The van der Waals surface area contributed by atoms with E-state index in [-0.39, 0.29) is 11.5 Å². The second kappa shape index (κ2) is 8.64. The number of amides is 1. The molecule has 2 heterocycles. The van der Waals surface area contributed by atoms with Crippen LogP contribution in [0.2, 0.25) is 10.0 Å². The molecule has 10 heteroatoms. The maximum Gasteiger partial charge on any atom is 0.417 e. The summed E-state index contributed by atoms with van der Waals surface area (Å²) in [6.07, 6.45) is -2.37. The highest BCUT2D eigenvalue weighted by molar-refractivity contribution is 6.33. The second-order valence-electron chi connectivity index (χ2n) is 6.66. The van der Waals surface area contributed by atoms with E-state index in [0.717, 1.165) is 12.1 Å². The average Bonchev–Trinajstić information content (AvgIpc) is 3.20. The molecule has 0 bridgehead atoms. The Hall–Kier alpha value is -3.36. The molecule has 0 unspecified atom stereocenters. The Kier molecular flexibility index (Phi) is 5.90. The SMILES string of the molecule is O=C(Nc1ccc(C(F)(F)F)cn1)c1cn(-c2ccc(Cl)cc2)c(-c2ccccc2Cl)n1. The number of anilines is 1. The zero-order valence-corrected chi connectivity index (χ0v) is 17.6. The Morgan fingerprint density at radius 1 is 0.969 bits per heavy atom. The first-order chi connectivity index (χ1) is 15.2. The number of hydrogen-bond acceptors (Lipinski definition) is 3. The molecule has 162 valence electrons. The van der Waals surface area contributed by atoms with E-state index in [0.29, 0.717) is 33.3 Å². The van der Waals surface area contributed by atoms with Crippen molar-refractivity contribution in [3.8, 4) is 17.1 Å². The van der Waals surface area contributed by atoms with Gasteiger partial charge in [0.25, 0.3) is 5.91 Å². The van der Waals surface area contributed by atoms with Crippen LogP contribution in [-0.2, 0) is 6.18 Å². The van der Waals surface area contributed by atoms with Gasteiger partial charge in [0.1, 0.15) is 17.3 Å². The van der Waals surface area contributed by atoms with Gasteiger partial charge in [-0.1, -0.05) is 35.3 Å². The van der Waals surface area contributed by atoms with E-state index >= 15 is 0 Å². The molecule has 4 rings (SSSR count). The molecule has 0 fully saturated rings. The van der Waals surface area contributed by atoms with Crippen molar-refractivity contribution >= 4 is 34.9 Å². The average molecular weight is 477 g/mol. The number of hydrogen-bond donors (Lipinski definition) is 1. The lowest BCUT2D eigenvalue weighted by molar-refractivity contribution is -0.137. The molecular formula is C22H13Cl2F3N4O. The highest BCUT2D eigenvalue weighted by Crippen LogP contribution is 2.31. The zero-order chi connectivity index (χ0) is 22.9. The van der Waals surface area contributed by atoms with E-state index in [4.69, 9.17) is 23.2 Å². The fraction of sp³-hybridized carbons (Fsp3) is 0.0455. The molecule has 2 aromatic heterocycles. The third kappa shape index (κ3) is 4.61. The van der Waals surface area contributed by atoms with Crippen molar-refractivity contribution in [2.24, 2.45) is 0 Å². The summed E-state index contributed by atoms with van der Waals surface area (Å²) in [7, 11) is 0. The standard InChI is InChI=1S/C22H13Cl2F3N4O/c23-14-6-8-15(9-7-14)31-12-18(29-20(31)16-3-1-2-4-17(16)24)21(32)30-19-10-5-13(11-28-19)22(25,26)27/h1-12H,(H,28,30,32). The van der Waals surface area contributed by atoms with Crippen molar-refractivity contribution < 1.29 is 18.0 Å². The fourth-order valence-electron chi connectivity index (χ4n) is 2.94. The molecule has 0 atom stereocenters. The van der Waals surface area contributed by atoms with E-state index in [1.54, 1.807) is 53.1 Å². The van der Waals surface area contributed by atoms with Gasteiger partial charge in [-0.2, -0.15) is 13.2 Å². The largest absolute Gasteiger partial charge is 0.417 e. The summed E-state index contributed by atoms with van der Waals surface area (Å²) in [5.41, 5.74) is 0.388. The van der Waals surface area contributed by atoms with Gasteiger partial charge in [-0.25, -0.2) is 9.97 Å². The Morgan fingerprint density at radius 3 is 2.31 bits per heavy atom. The van der Waals surface area contributed by atoms with Crippen LogP contribution in [0.4, 0.5) is 19.0 Å². The summed E-state index contributed by atoms with van der Waals surface area (Å²) in [6, 6.07) is 15.8. The lowest BCUT2D eigenvalue weighted by Gasteiger charge is -2.09. The van der Waals surface area contributed by atoms with E-state index in [1.165, 1.54) is 6.20 Å². The first-order valence-corrected chi connectivity index (χ1v) is 9.93. The molecule has 0 saturated heterocycles. The first-order valence-electron chi connectivity index (χ1n) is 9.17. The van der Waals surface area contributed by atoms with Crippen molar-refractivity contribution in [3.05, 3.63) is 94.4 Å². The van der Waals surface area contributed by atoms with Gasteiger partial charge in [-0.05, 0) is 48.5 Å². The van der Waals surface area contributed by atoms with Crippen LogP contribution in [0.5, 0.6) is 0 Å². The summed E-state index contributed by atoms with van der Waals surface area (Å²) >= 11 is 12.3. The number of aromatic nitrogens is 3. The third-order valence-corrected chi connectivity index (χ3v) is 5.07. The molecule has 0 aliphatic carbocycles. The van der Waals surface area contributed by atoms with Gasteiger partial charge in [0.05, 0.1) is 10.6 Å². The summed E-state index contributed by atoms with van der Waals surface area (Å²) in [4.78, 5) is 20.8. The van der Waals surface area contributed by atoms with Crippen LogP contribution in [0.1, 0.15) is 16.1 Å². The molecule has 1 N–H and O–H groups in total. The van der Waals surface area contributed by atoms with Crippen molar-refractivity contribution in [2.45, 2.75) is 6.18 Å². The van der Waals surface area contributed by atoms with Crippen LogP contribution in [0, 0.1) is 0 Å². The lowest BCUT2D eigenvalue weighted by Crippen LogP contribution is -2.14. The van der Waals surface area contributed by atoms with Crippen molar-refractivity contribution in [2.75, 3.05) is 5.32 Å². The molecule has 32 heavy (non-hydrogen) atoms. The smallest absolute Gasteiger partial charge is 0.305 e. The number of carbonyl (C=O) groups is 1. The molecular weight excluding hydrogens is 464 g/mol. The fourth-order valence-corrected chi connectivity index (χ4v) is 3.28. The van der Waals surface area contributed by atoms with Crippen molar-refractivity contribution in [1.29, 1.82) is 0 Å². The molecule has 5 nitrogen and oxygen atoms in total. The summed E-state index contributed by atoms with van der Waals surface area (Å²) in [5, 5.41) is 3.43. The summed E-state index contributed by atoms with van der Waals surface area (Å²) < 4.78 is 39.8. The monoisotopic (exact) mass is 476 g/mol. The molecule has 0 aliphatic heterocycles. The maximum absolute atomic E-state index is 12.8. The number of rotatable bonds is 4. The molecule has 2 aromatic carbocycles. The molecule has 0 saturated carbocycles. The van der Waals surface area contributed by atoms with Crippen LogP contribution in [0.25, 0.3) is 17.1 Å². The summed E-state index contributed by atoms with van der Waals surface area (Å²) in [5.74, 6) is -0.273. The number of halogens is 5. The highest BCUT2D eigenvalue weighted by atomic mass is 35.5. The van der Waals surface area contributed by atoms with E-state index in [9.17, 15) is 18.0 Å². The summed E-state index contributed by atoms with van der Waals surface area (Å²) in [6.45, 7) is 0. The molecule has 4 aromatic rings. The Labute approximate surface area is 190 Å². The number of nitrogens with zero attached hydrogens (tertiary/aromatic N) is 3. The van der Waals surface area contributed by atoms with E-state index < -0.39 is 17.6 Å². The van der Waals surface area contributed by atoms with Crippen LogP contribution in [0.3, 0.4) is 0 Å². The van der Waals surface area contributed by atoms with Crippen LogP contribution in [-0.4, -0.2) is 20.4 Å². The normalized spacial score (nSPS) is 11.4. The van der Waals surface area contributed by atoms with Gasteiger partial charge in [-0.3, -0.25) is 9.36 Å². The van der Waals surface area contributed by atoms with Crippen LogP contribution >= 0.6 is 23.2 Å². The minimum absolute atomic E-state index is 0.0246. The predicted octanol–water partition coefficient (Wildman–Crippen LogP) is 6.51. The molecule has 0 radical (unpaired) electrons. The minimum atomic E-state index is -4.52. The number of benzene rings is 2. The van der Waals surface area contributed by atoms with Crippen molar-refractivity contribution in [3.63, 3.8) is 0 Å². The Balaban J connectivity index is 1.70. The van der Waals surface area contributed by atoms with E-state index in [1.807, 2.05) is 0 Å². The molecule has 0 spiro atoms. The lowest BCUT2D eigenvalue weighted by atomic mass is 10.2. The second-order valence-corrected chi connectivity index (χ2v) is 7.50. The predicted molar refractivity (Wildman–Crippen MR) is 116 cm³/mol. The number of imidazole rings is 1. The van der Waals surface area contributed by atoms with Gasteiger partial charge < -0.3 is 5.32 Å². The number of carbonyl (C=O) groups excluding carboxylic acids is 1. The Morgan fingerprint density at radius 2 is 1.69 bits per heavy atom. The molecule has 1 amide bonds. The number of nitrogens with one attached hydrogen (secondary N) is 1. The first kappa shape index (κ1) is 21.9. The quantitative estimate of drug-likeness (QED) is 0.365. The number of pyridine rings is 1. The van der Waals surface area contributed by atoms with Crippen LogP contribution < -0.4 is 5.32 Å². The zero-order valence-electron chi connectivity index (χ0n) is 16.1. The minimum Gasteiger partial charge on any atom is -0.305 e. The van der Waals surface area contributed by atoms with Gasteiger partial charge in [-0.15, -0.1) is 0 Å². The van der Waals surface area contributed by atoms with Gasteiger partial charge in [0.2, 0.25) is 0 Å². The van der Waals surface area contributed by atoms with Crippen LogP contribution in [0.15, 0.2) is 73.1 Å². The highest BCUT2D eigenvalue weighted by Gasteiger charge is 2.30. The van der Waals surface area contributed by atoms with Crippen molar-refractivity contribution in [1.82, 2.24) is 14.5 Å². The number of alkyl halides is 3.